The molecule has 0 spiro atoms. The zero-order valence-electron chi connectivity index (χ0n) is 12.2. The first-order valence-corrected chi connectivity index (χ1v) is 7.41. The van der Waals surface area contributed by atoms with Gasteiger partial charge in [0.2, 0.25) is 5.89 Å². The molecule has 21 heavy (non-hydrogen) atoms. The van der Waals surface area contributed by atoms with Gasteiger partial charge in [0.25, 0.3) is 0 Å². The highest BCUT2D eigenvalue weighted by Crippen LogP contribution is 2.37. The molecule has 1 heterocycles. The lowest BCUT2D eigenvalue weighted by Gasteiger charge is -2.35. The van der Waals surface area contributed by atoms with Crippen molar-refractivity contribution in [2.24, 2.45) is 5.73 Å². The first kappa shape index (κ1) is 14.2. The van der Waals surface area contributed by atoms with Crippen molar-refractivity contribution in [3.8, 4) is 0 Å². The van der Waals surface area contributed by atoms with Crippen LogP contribution in [0.1, 0.15) is 49.9 Å². The Balaban J connectivity index is 1.80. The molecule has 112 valence electrons. The van der Waals surface area contributed by atoms with Gasteiger partial charge in [-0.2, -0.15) is 4.98 Å². The summed E-state index contributed by atoms with van der Waals surface area (Å²) >= 11 is 0. The van der Waals surface area contributed by atoms with E-state index in [1.165, 1.54) is 12.1 Å². The molecule has 1 aromatic heterocycles. The number of hydrogen-bond acceptors (Lipinski definition) is 4. The largest absolute Gasteiger partial charge is 0.339 e. The topological polar surface area (TPSA) is 64.9 Å². The van der Waals surface area contributed by atoms with Crippen LogP contribution in [0.3, 0.4) is 0 Å². The van der Waals surface area contributed by atoms with E-state index in [1.54, 1.807) is 6.07 Å². The second-order valence-electron chi connectivity index (χ2n) is 6.09. The van der Waals surface area contributed by atoms with E-state index in [0.717, 1.165) is 31.2 Å². The molecule has 2 aromatic rings. The number of rotatable bonds is 3. The highest BCUT2D eigenvalue weighted by molar-refractivity contribution is 5.20. The number of hydrogen-bond donors (Lipinski definition) is 1. The lowest BCUT2D eigenvalue weighted by atomic mass is 9.72. The van der Waals surface area contributed by atoms with Gasteiger partial charge in [0, 0.05) is 12.5 Å². The predicted octanol–water partition coefficient (Wildman–Crippen LogP) is 2.96. The van der Waals surface area contributed by atoms with Crippen LogP contribution in [0, 0.1) is 5.82 Å². The first-order valence-electron chi connectivity index (χ1n) is 7.41. The monoisotopic (exact) mass is 289 g/mol. The molecule has 2 N–H and O–H groups in total. The molecule has 1 aliphatic rings. The van der Waals surface area contributed by atoms with E-state index in [9.17, 15) is 4.39 Å². The standard InChI is InChI=1S/C16H20FN3O/c1-16(8-3-2-7-13(16)18)15-19-14(20-21-15)10-11-5-4-6-12(17)9-11/h4-6,9,13H,2-3,7-8,10,18H2,1H3. The molecule has 0 radical (unpaired) electrons. The van der Waals surface area contributed by atoms with E-state index in [4.69, 9.17) is 10.3 Å². The van der Waals surface area contributed by atoms with Crippen molar-refractivity contribution in [3.05, 3.63) is 47.4 Å². The molecule has 1 saturated carbocycles. The van der Waals surface area contributed by atoms with Gasteiger partial charge in [0.05, 0.1) is 5.41 Å². The molecule has 1 fully saturated rings. The Kier molecular flexibility index (Phi) is 3.76. The average molecular weight is 289 g/mol. The number of halogens is 1. The van der Waals surface area contributed by atoms with E-state index in [1.807, 2.05) is 6.07 Å². The van der Waals surface area contributed by atoms with Crippen molar-refractivity contribution in [3.63, 3.8) is 0 Å². The third kappa shape index (κ3) is 2.83. The summed E-state index contributed by atoms with van der Waals surface area (Å²) in [6.07, 6.45) is 4.70. The quantitative estimate of drug-likeness (QED) is 0.943. The lowest BCUT2D eigenvalue weighted by molar-refractivity contribution is 0.203. The molecule has 3 rings (SSSR count). The van der Waals surface area contributed by atoms with Crippen molar-refractivity contribution in [2.75, 3.05) is 0 Å². The maximum absolute atomic E-state index is 13.2. The Morgan fingerprint density at radius 1 is 1.43 bits per heavy atom. The van der Waals surface area contributed by atoms with Crippen LogP contribution in [0.5, 0.6) is 0 Å². The number of aromatic nitrogens is 2. The van der Waals surface area contributed by atoms with Crippen LogP contribution in [-0.2, 0) is 11.8 Å². The van der Waals surface area contributed by atoms with E-state index >= 15 is 0 Å². The molecule has 0 amide bonds. The van der Waals surface area contributed by atoms with Gasteiger partial charge in [0.1, 0.15) is 5.82 Å². The van der Waals surface area contributed by atoms with Gasteiger partial charge >= 0.3 is 0 Å². The Morgan fingerprint density at radius 2 is 2.29 bits per heavy atom. The summed E-state index contributed by atoms with van der Waals surface area (Å²) in [4.78, 5) is 4.50. The van der Waals surface area contributed by atoms with Gasteiger partial charge in [-0.05, 0) is 37.5 Å². The van der Waals surface area contributed by atoms with Crippen molar-refractivity contribution in [2.45, 2.75) is 50.5 Å². The zero-order valence-corrected chi connectivity index (χ0v) is 12.2. The molecule has 4 nitrogen and oxygen atoms in total. The summed E-state index contributed by atoms with van der Waals surface area (Å²) in [6, 6.07) is 6.50. The smallest absolute Gasteiger partial charge is 0.234 e. The molecule has 2 atom stereocenters. The van der Waals surface area contributed by atoms with E-state index in [2.05, 4.69) is 17.1 Å². The van der Waals surface area contributed by atoms with Gasteiger partial charge in [-0.1, -0.05) is 30.1 Å². The summed E-state index contributed by atoms with van der Waals surface area (Å²) in [5, 5.41) is 4.03. The Hall–Kier alpha value is -1.75. The molecule has 0 bridgehead atoms. The Morgan fingerprint density at radius 3 is 3.05 bits per heavy atom. The number of nitrogens with two attached hydrogens (primary N) is 1. The third-order valence-electron chi connectivity index (χ3n) is 4.49. The number of nitrogens with zero attached hydrogens (tertiary/aromatic N) is 2. The average Bonchev–Trinajstić information content (AvgIpc) is 2.91. The van der Waals surface area contributed by atoms with Crippen LogP contribution in [0.25, 0.3) is 0 Å². The predicted molar refractivity (Wildman–Crippen MR) is 77.3 cm³/mol. The van der Waals surface area contributed by atoms with Gasteiger partial charge in [-0.15, -0.1) is 0 Å². The summed E-state index contributed by atoms with van der Waals surface area (Å²) in [7, 11) is 0. The van der Waals surface area contributed by atoms with Crippen molar-refractivity contribution >= 4 is 0 Å². The normalized spacial score (nSPS) is 26.0. The van der Waals surface area contributed by atoms with Crippen LogP contribution >= 0.6 is 0 Å². The molecule has 1 aliphatic carbocycles. The lowest BCUT2D eigenvalue weighted by Crippen LogP contribution is -2.45. The van der Waals surface area contributed by atoms with Gasteiger partial charge in [0.15, 0.2) is 5.82 Å². The van der Waals surface area contributed by atoms with Crippen molar-refractivity contribution in [1.29, 1.82) is 0 Å². The molecule has 2 unspecified atom stereocenters. The summed E-state index contributed by atoms with van der Waals surface area (Å²) in [6.45, 7) is 2.09. The molecular weight excluding hydrogens is 269 g/mol. The van der Waals surface area contributed by atoms with Crippen LogP contribution in [-0.4, -0.2) is 16.2 Å². The van der Waals surface area contributed by atoms with Crippen LogP contribution in [0.2, 0.25) is 0 Å². The fourth-order valence-corrected chi connectivity index (χ4v) is 3.01. The Bertz CT molecular complexity index is 627. The molecule has 0 aliphatic heterocycles. The molecule has 0 saturated heterocycles. The zero-order chi connectivity index (χ0) is 14.9. The van der Waals surface area contributed by atoms with E-state index < -0.39 is 0 Å². The summed E-state index contributed by atoms with van der Waals surface area (Å²) < 4.78 is 18.6. The van der Waals surface area contributed by atoms with Gasteiger partial charge < -0.3 is 10.3 Å². The fourth-order valence-electron chi connectivity index (χ4n) is 3.01. The van der Waals surface area contributed by atoms with Gasteiger partial charge in [-0.3, -0.25) is 0 Å². The van der Waals surface area contributed by atoms with Crippen LogP contribution in [0.4, 0.5) is 4.39 Å². The molecular formula is C16H20FN3O. The minimum Gasteiger partial charge on any atom is -0.339 e. The Labute approximate surface area is 123 Å². The summed E-state index contributed by atoms with van der Waals surface area (Å²) in [5.74, 6) is 0.938. The van der Waals surface area contributed by atoms with Crippen LogP contribution in [0.15, 0.2) is 28.8 Å². The molecule has 5 heteroatoms. The van der Waals surface area contributed by atoms with Gasteiger partial charge in [-0.25, -0.2) is 4.39 Å². The second kappa shape index (κ2) is 5.56. The maximum atomic E-state index is 13.2. The minimum atomic E-state index is -0.252. The van der Waals surface area contributed by atoms with E-state index in [-0.39, 0.29) is 17.3 Å². The van der Waals surface area contributed by atoms with Crippen molar-refractivity contribution in [1.82, 2.24) is 10.1 Å². The van der Waals surface area contributed by atoms with Crippen LogP contribution < -0.4 is 5.73 Å². The summed E-state index contributed by atoms with van der Waals surface area (Å²) in [5.41, 5.74) is 6.84. The third-order valence-corrected chi connectivity index (χ3v) is 4.49. The number of benzene rings is 1. The minimum absolute atomic E-state index is 0.0497. The van der Waals surface area contributed by atoms with E-state index in [0.29, 0.717) is 18.1 Å². The first-order chi connectivity index (χ1) is 10.1. The second-order valence-corrected chi connectivity index (χ2v) is 6.09. The fraction of sp³-hybridized carbons (Fsp3) is 0.500. The maximum Gasteiger partial charge on any atom is 0.234 e. The SMILES string of the molecule is CC1(c2nc(Cc3cccc(F)c3)no2)CCCCC1N. The van der Waals surface area contributed by atoms with Crippen molar-refractivity contribution < 1.29 is 8.91 Å². The highest BCUT2D eigenvalue weighted by Gasteiger charge is 2.40. The highest BCUT2D eigenvalue weighted by atomic mass is 19.1. The molecule has 1 aromatic carbocycles.